The summed E-state index contributed by atoms with van der Waals surface area (Å²) in [6.45, 7) is 8.26. The van der Waals surface area contributed by atoms with E-state index >= 15 is 0 Å². The standard InChI is InChI=1S/C13H20BN3O2/c1-12(2)13(3,4)19-14(18-12)9-6-7-10-11(8-9)17(5)16-15-10/h6-8,15-16H,1-5H3. The van der Waals surface area contributed by atoms with Crippen LogP contribution in [0.5, 0.6) is 0 Å². The minimum atomic E-state index is -0.315. The molecule has 0 aromatic heterocycles. The van der Waals surface area contributed by atoms with Gasteiger partial charge in [-0.15, -0.1) is 5.53 Å². The fourth-order valence-corrected chi connectivity index (χ4v) is 2.26. The van der Waals surface area contributed by atoms with Crippen molar-refractivity contribution in [3.8, 4) is 0 Å². The van der Waals surface area contributed by atoms with Gasteiger partial charge >= 0.3 is 7.12 Å². The van der Waals surface area contributed by atoms with Crippen LogP contribution in [0.3, 0.4) is 0 Å². The van der Waals surface area contributed by atoms with Gasteiger partial charge in [-0.2, -0.15) is 0 Å². The summed E-state index contributed by atoms with van der Waals surface area (Å²) in [5.41, 5.74) is 8.70. The van der Waals surface area contributed by atoms with Gasteiger partial charge in [0.25, 0.3) is 0 Å². The molecule has 1 saturated heterocycles. The van der Waals surface area contributed by atoms with Gasteiger partial charge in [-0.3, -0.25) is 5.01 Å². The Bertz CT molecular complexity index is 503. The lowest BCUT2D eigenvalue weighted by Crippen LogP contribution is -2.41. The molecule has 0 atom stereocenters. The monoisotopic (exact) mass is 261 g/mol. The summed E-state index contributed by atoms with van der Waals surface area (Å²) in [6.07, 6.45) is 0. The quantitative estimate of drug-likeness (QED) is 0.745. The lowest BCUT2D eigenvalue weighted by Gasteiger charge is -2.32. The zero-order valence-corrected chi connectivity index (χ0v) is 12.1. The Hall–Kier alpha value is -1.24. The average molecular weight is 261 g/mol. The molecule has 0 bridgehead atoms. The van der Waals surface area contributed by atoms with Gasteiger partial charge in [-0.1, -0.05) is 6.07 Å². The van der Waals surface area contributed by atoms with Crippen molar-refractivity contribution in [3.05, 3.63) is 18.2 Å². The van der Waals surface area contributed by atoms with E-state index in [9.17, 15) is 0 Å². The van der Waals surface area contributed by atoms with E-state index in [0.717, 1.165) is 16.8 Å². The van der Waals surface area contributed by atoms with Gasteiger partial charge < -0.3 is 14.7 Å². The van der Waals surface area contributed by atoms with Crippen molar-refractivity contribution in [3.63, 3.8) is 0 Å². The normalized spacial score (nSPS) is 23.4. The highest BCUT2D eigenvalue weighted by Gasteiger charge is 2.51. The molecule has 2 aliphatic heterocycles. The maximum absolute atomic E-state index is 6.06. The molecular formula is C13H20BN3O2. The first-order valence-electron chi connectivity index (χ1n) is 6.55. The van der Waals surface area contributed by atoms with Gasteiger partial charge in [0.05, 0.1) is 22.6 Å². The Labute approximate surface area is 114 Å². The number of hydrogen-bond acceptors (Lipinski definition) is 5. The van der Waals surface area contributed by atoms with Crippen molar-refractivity contribution in [2.24, 2.45) is 0 Å². The van der Waals surface area contributed by atoms with Crippen molar-refractivity contribution in [1.82, 2.24) is 5.53 Å². The summed E-state index contributed by atoms with van der Waals surface area (Å²) >= 11 is 0. The fourth-order valence-electron chi connectivity index (χ4n) is 2.26. The van der Waals surface area contributed by atoms with E-state index in [-0.39, 0.29) is 18.3 Å². The van der Waals surface area contributed by atoms with E-state index in [1.54, 1.807) is 0 Å². The number of benzene rings is 1. The molecule has 2 N–H and O–H groups in total. The molecule has 6 heteroatoms. The maximum atomic E-state index is 6.06. The van der Waals surface area contributed by atoms with Crippen LogP contribution in [0, 0.1) is 0 Å². The van der Waals surface area contributed by atoms with E-state index in [4.69, 9.17) is 9.31 Å². The first-order chi connectivity index (χ1) is 8.80. The second kappa shape index (κ2) is 3.88. The first-order valence-corrected chi connectivity index (χ1v) is 6.55. The van der Waals surface area contributed by atoms with E-state index in [1.807, 2.05) is 24.2 Å². The lowest BCUT2D eigenvalue weighted by atomic mass is 9.79. The molecule has 0 saturated carbocycles. The molecular weight excluding hydrogens is 241 g/mol. The number of hydrazine groups is 2. The number of nitrogens with zero attached hydrogens (tertiary/aromatic N) is 1. The molecule has 0 amide bonds. The summed E-state index contributed by atoms with van der Waals surface area (Å²) in [7, 11) is 1.65. The predicted octanol–water partition coefficient (Wildman–Crippen LogP) is 1.27. The van der Waals surface area contributed by atoms with E-state index in [1.165, 1.54) is 0 Å². The van der Waals surface area contributed by atoms with Gasteiger partial charge in [-0.05, 0) is 45.3 Å². The number of anilines is 2. The van der Waals surface area contributed by atoms with Gasteiger partial charge in [0.15, 0.2) is 0 Å². The van der Waals surface area contributed by atoms with E-state index < -0.39 is 0 Å². The van der Waals surface area contributed by atoms with Gasteiger partial charge in [0.1, 0.15) is 0 Å². The second-order valence-electron chi connectivity index (χ2n) is 6.16. The summed E-state index contributed by atoms with van der Waals surface area (Å²) in [5.74, 6) is 0. The Morgan fingerprint density at radius 1 is 1.11 bits per heavy atom. The van der Waals surface area contributed by atoms with Gasteiger partial charge in [0, 0.05) is 7.05 Å². The first kappa shape index (κ1) is 12.8. The highest BCUT2D eigenvalue weighted by Crippen LogP contribution is 2.37. The summed E-state index contributed by atoms with van der Waals surface area (Å²) in [6, 6.07) is 6.16. The van der Waals surface area contributed by atoms with Crippen molar-refractivity contribution in [1.29, 1.82) is 0 Å². The van der Waals surface area contributed by atoms with Crippen LogP contribution in [0.1, 0.15) is 27.7 Å². The SMILES string of the molecule is CN1NNc2ccc(B3OC(C)(C)C(C)(C)O3)cc21. The minimum Gasteiger partial charge on any atom is -0.399 e. The van der Waals surface area contributed by atoms with Gasteiger partial charge in [0.2, 0.25) is 0 Å². The fraction of sp³-hybridized carbons (Fsp3) is 0.538. The largest absolute Gasteiger partial charge is 0.494 e. The molecule has 1 aromatic carbocycles. The molecule has 0 radical (unpaired) electrons. The third-order valence-electron chi connectivity index (χ3n) is 4.27. The van der Waals surface area contributed by atoms with Crippen LogP contribution in [0.2, 0.25) is 0 Å². The Morgan fingerprint density at radius 3 is 2.37 bits per heavy atom. The molecule has 2 heterocycles. The summed E-state index contributed by atoms with van der Waals surface area (Å²) in [4.78, 5) is 0. The molecule has 1 aromatic rings. The van der Waals surface area contributed by atoms with Crippen LogP contribution in [0.25, 0.3) is 0 Å². The highest BCUT2D eigenvalue weighted by molar-refractivity contribution is 6.62. The van der Waals surface area contributed by atoms with Crippen molar-refractivity contribution >= 4 is 24.0 Å². The number of fused-ring (bicyclic) bond motifs is 1. The number of nitrogens with one attached hydrogen (secondary N) is 2. The van der Waals surface area contributed by atoms with E-state index in [0.29, 0.717) is 0 Å². The third-order valence-corrected chi connectivity index (χ3v) is 4.27. The summed E-state index contributed by atoms with van der Waals surface area (Å²) in [5, 5.41) is 1.93. The molecule has 3 rings (SSSR count). The van der Waals surface area contributed by atoms with E-state index in [2.05, 4.69) is 44.7 Å². The molecule has 0 unspecified atom stereocenters. The summed E-state index contributed by atoms with van der Waals surface area (Å²) < 4.78 is 12.1. The predicted molar refractivity (Wildman–Crippen MR) is 77.3 cm³/mol. The maximum Gasteiger partial charge on any atom is 0.494 e. The molecule has 1 fully saturated rings. The third kappa shape index (κ3) is 1.91. The van der Waals surface area contributed by atoms with Crippen LogP contribution in [-0.2, 0) is 9.31 Å². The smallest absolute Gasteiger partial charge is 0.399 e. The lowest BCUT2D eigenvalue weighted by molar-refractivity contribution is 0.00578. The molecule has 102 valence electrons. The van der Waals surface area contributed by atoms with Crippen LogP contribution in [0.15, 0.2) is 18.2 Å². The van der Waals surface area contributed by atoms with Crippen LogP contribution < -0.4 is 21.4 Å². The molecule has 0 aliphatic carbocycles. The zero-order chi connectivity index (χ0) is 13.8. The number of hydrogen-bond donors (Lipinski definition) is 2. The van der Waals surface area contributed by atoms with Crippen molar-refractivity contribution in [2.75, 3.05) is 17.5 Å². The molecule has 5 nitrogen and oxygen atoms in total. The molecule has 19 heavy (non-hydrogen) atoms. The molecule has 0 spiro atoms. The highest BCUT2D eigenvalue weighted by atomic mass is 16.7. The number of rotatable bonds is 1. The van der Waals surface area contributed by atoms with Gasteiger partial charge in [-0.25, -0.2) is 0 Å². The zero-order valence-electron chi connectivity index (χ0n) is 12.1. The second-order valence-corrected chi connectivity index (χ2v) is 6.16. The van der Waals surface area contributed by atoms with Crippen LogP contribution >= 0.6 is 0 Å². The Morgan fingerprint density at radius 2 is 1.74 bits per heavy atom. The minimum absolute atomic E-state index is 0.306. The van der Waals surface area contributed by atoms with Crippen LogP contribution in [0.4, 0.5) is 11.4 Å². The van der Waals surface area contributed by atoms with Crippen LogP contribution in [-0.4, -0.2) is 25.4 Å². The Balaban J connectivity index is 1.91. The Kier molecular flexibility index (Phi) is 2.61. The van der Waals surface area contributed by atoms with Crippen molar-refractivity contribution in [2.45, 2.75) is 38.9 Å². The topological polar surface area (TPSA) is 45.8 Å². The average Bonchev–Trinajstić information content (AvgIpc) is 2.78. The molecule has 2 aliphatic rings. The van der Waals surface area contributed by atoms with Crippen molar-refractivity contribution < 1.29 is 9.31 Å².